The maximum absolute atomic E-state index is 6.12. The molecule has 122 valence electrons. The summed E-state index contributed by atoms with van der Waals surface area (Å²) in [6.07, 6.45) is 3.97. The fraction of sp³-hybridized carbons (Fsp3) is 0.579. The lowest BCUT2D eigenvalue weighted by molar-refractivity contribution is -1.00. The number of ether oxygens (including phenoxy) is 1. The number of rotatable bonds is 7. The van der Waals surface area contributed by atoms with Crippen molar-refractivity contribution in [3.05, 3.63) is 41.5 Å². The summed E-state index contributed by atoms with van der Waals surface area (Å²) < 4.78 is 6.12. The van der Waals surface area contributed by atoms with Crippen LogP contribution in [-0.2, 0) is 6.42 Å². The van der Waals surface area contributed by atoms with E-state index in [0.717, 1.165) is 25.2 Å². The topological polar surface area (TPSA) is 18.1 Å². The fourth-order valence-electron chi connectivity index (χ4n) is 3.33. The largest absolute Gasteiger partial charge is 0.493 e. The van der Waals surface area contributed by atoms with Crippen molar-refractivity contribution in [1.29, 1.82) is 0 Å². The van der Waals surface area contributed by atoms with E-state index in [1.54, 1.807) is 9.80 Å². The molecule has 1 aromatic carbocycles. The minimum atomic E-state index is 0.820. The number of hydrogen-bond acceptors (Lipinski definition) is 1. The smallest absolute Gasteiger partial charge is 0.127 e. The summed E-state index contributed by atoms with van der Waals surface area (Å²) in [5.74, 6) is 1.07. The summed E-state index contributed by atoms with van der Waals surface area (Å²) in [6.45, 7) is 15.4. The van der Waals surface area contributed by atoms with Gasteiger partial charge in [-0.1, -0.05) is 23.8 Å². The van der Waals surface area contributed by atoms with Gasteiger partial charge in [-0.15, -0.1) is 6.58 Å². The summed E-state index contributed by atoms with van der Waals surface area (Å²) in [4.78, 5) is 3.41. The van der Waals surface area contributed by atoms with Gasteiger partial charge in [-0.3, -0.25) is 0 Å². The van der Waals surface area contributed by atoms with E-state index < -0.39 is 0 Å². The number of benzene rings is 1. The third-order valence-electron chi connectivity index (χ3n) is 4.59. The first-order chi connectivity index (χ1) is 10.6. The average molecular weight is 304 g/mol. The van der Waals surface area contributed by atoms with Crippen molar-refractivity contribution in [2.75, 3.05) is 46.4 Å². The summed E-state index contributed by atoms with van der Waals surface area (Å²) >= 11 is 0. The molecular formula is C19H32N2O+2. The molecule has 2 rings (SSSR count). The molecule has 3 nitrogen and oxygen atoms in total. The third kappa shape index (κ3) is 4.85. The lowest BCUT2D eigenvalue weighted by Gasteiger charge is -2.27. The molecule has 1 fully saturated rings. The first-order valence-corrected chi connectivity index (χ1v) is 8.59. The van der Waals surface area contributed by atoms with Gasteiger partial charge >= 0.3 is 0 Å². The van der Waals surface area contributed by atoms with Gasteiger partial charge in [-0.05, 0) is 31.4 Å². The van der Waals surface area contributed by atoms with Gasteiger partial charge in [0, 0.05) is 6.42 Å². The van der Waals surface area contributed by atoms with Crippen molar-refractivity contribution in [3.63, 3.8) is 0 Å². The Kier molecular flexibility index (Phi) is 6.47. The van der Waals surface area contributed by atoms with Crippen molar-refractivity contribution in [1.82, 2.24) is 0 Å². The Labute approximate surface area is 135 Å². The molecule has 22 heavy (non-hydrogen) atoms. The zero-order valence-corrected chi connectivity index (χ0v) is 14.5. The van der Waals surface area contributed by atoms with E-state index in [1.807, 2.05) is 6.08 Å². The van der Waals surface area contributed by atoms with Crippen LogP contribution in [0.4, 0.5) is 0 Å². The maximum Gasteiger partial charge on any atom is 0.127 e. The molecule has 0 aliphatic carbocycles. The second-order valence-corrected chi connectivity index (χ2v) is 6.72. The average Bonchev–Trinajstić information content (AvgIpc) is 2.47. The number of nitrogens with one attached hydrogen (secondary N) is 2. The predicted molar refractivity (Wildman–Crippen MR) is 92.1 cm³/mol. The first kappa shape index (κ1) is 17.0. The zero-order valence-electron chi connectivity index (χ0n) is 14.5. The predicted octanol–water partition coefficient (Wildman–Crippen LogP) is 0.214. The Balaban J connectivity index is 1.82. The number of aryl methyl sites for hydroxylation is 2. The van der Waals surface area contributed by atoms with Crippen LogP contribution < -0.4 is 14.5 Å². The van der Waals surface area contributed by atoms with Crippen LogP contribution in [0.1, 0.15) is 23.1 Å². The van der Waals surface area contributed by atoms with E-state index in [9.17, 15) is 0 Å². The number of quaternary nitrogens is 2. The minimum Gasteiger partial charge on any atom is -0.493 e. The molecule has 0 aromatic heterocycles. The van der Waals surface area contributed by atoms with Crippen molar-refractivity contribution in [3.8, 4) is 5.75 Å². The minimum absolute atomic E-state index is 0.820. The molecule has 3 heteroatoms. The quantitative estimate of drug-likeness (QED) is 0.545. The Morgan fingerprint density at radius 3 is 2.59 bits per heavy atom. The van der Waals surface area contributed by atoms with Gasteiger partial charge in [-0.2, -0.15) is 0 Å². The molecule has 1 saturated heterocycles. The van der Waals surface area contributed by atoms with Gasteiger partial charge in [0.2, 0.25) is 0 Å². The summed E-state index contributed by atoms with van der Waals surface area (Å²) in [6, 6.07) is 4.43. The lowest BCUT2D eigenvalue weighted by atomic mass is 10.0. The third-order valence-corrected chi connectivity index (χ3v) is 4.59. The van der Waals surface area contributed by atoms with Crippen molar-refractivity contribution >= 4 is 0 Å². The highest BCUT2D eigenvalue weighted by molar-refractivity contribution is 5.44. The maximum atomic E-state index is 6.12. The molecule has 0 saturated carbocycles. The number of allylic oxidation sites excluding steroid dienone is 1. The number of likely N-dealkylation sites (N-methyl/N-ethyl adjacent to an activating group) is 1. The second kappa shape index (κ2) is 8.35. The van der Waals surface area contributed by atoms with Gasteiger partial charge in [0.25, 0.3) is 0 Å². The van der Waals surface area contributed by atoms with Crippen LogP contribution in [-0.4, -0.2) is 46.4 Å². The van der Waals surface area contributed by atoms with Gasteiger partial charge in [-0.25, -0.2) is 0 Å². The van der Waals surface area contributed by atoms with Crippen molar-refractivity contribution < 1.29 is 14.5 Å². The van der Waals surface area contributed by atoms with E-state index in [4.69, 9.17) is 4.74 Å². The Morgan fingerprint density at radius 2 is 1.91 bits per heavy atom. The fourth-order valence-corrected chi connectivity index (χ4v) is 3.33. The summed E-state index contributed by atoms with van der Waals surface area (Å²) in [5, 5.41) is 0. The first-order valence-electron chi connectivity index (χ1n) is 8.59. The highest BCUT2D eigenvalue weighted by Gasteiger charge is 2.19. The van der Waals surface area contributed by atoms with Gasteiger partial charge in [0.1, 0.15) is 31.9 Å². The van der Waals surface area contributed by atoms with Crippen LogP contribution in [0.5, 0.6) is 5.75 Å². The molecular weight excluding hydrogens is 272 g/mol. The Hall–Kier alpha value is -1.32. The van der Waals surface area contributed by atoms with Crippen LogP contribution >= 0.6 is 0 Å². The molecule has 1 heterocycles. The molecule has 1 aliphatic rings. The van der Waals surface area contributed by atoms with Gasteiger partial charge < -0.3 is 14.5 Å². The highest BCUT2D eigenvalue weighted by Crippen LogP contribution is 2.26. The molecule has 0 spiro atoms. The molecule has 0 unspecified atom stereocenters. The highest BCUT2D eigenvalue weighted by atomic mass is 16.5. The van der Waals surface area contributed by atoms with Crippen LogP contribution in [0.25, 0.3) is 0 Å². The summed E-state index contributed by atoms with van der Waals surface area (Å²) in [7, 11) is 2.29. The monoisotopic (exact) mass is 304 g/mol. The number of hydrogen-bond donors (Lipinski definition) is 2. The molecule has 1 aliphatic heterocycles. The van der Waals surface area contributed by atoms with E-state index >= 15 is 0 Å². The van der Waals surface area contributed by atoms with Gasteiger partial charge in [0.05, 0.1) is 20.2 Å². The van der Waals surface area contributed by atoms with Crippen LogP contribution in [0, 0.1) is 13.8 Å². The second-order valence-electron chi connectivity index (χ2n) is 6.72. The molecule has 2 N–H and O–H groups in total. The van der Waals surface area contributed by atoms with Gasteiger partial charge in [0.15, 0.2) is 0 Å². The van der Waals surface area contributed by atoms with Crippen molar-refractivity contribution in [2.45, 2.75) is 26.7 Å². The normalized spacial score (nSPS) is 21.6. The van der Waals surface area contributed by atoms with Crippen molar-refractivity contribution in [2.24, 2.45) is 0 Å². The van der Waals surface area contributed by atoms with E-state index in [0.29, 0.717) is 0 Å². The van der Waals surface area contributed by atoms with E-state index in [1.165, 1.54) is 49.4 Å². The molecule has 0 radical (unpaired) electrons. The van der Waals surface area contributed by atoms with Crippen LogP contribution in [0.2, 0.25) is 0 Å². The molecule has 0 atom stereocenters. The Bertz CT molecular complexity index is 490. The standard InChI is InChI=1S/C19H30N2O/c1-5-7-18-15-16(2)14-17(3)19(18)22-13-6-8-21-11-9-20(4)10-12-21/h5,14-15H,1,6-13H2,2-4H3/p+2. The SMILES string of the molecule is C=CCc1cc(C)cc(C)c1OCCC[NH+]1CC[NH+](C)CC1. The van der Waals surface area contributed by atoms with E-state index in [-0.39, 0.29) is 0 Å². The van der Waals surface area contributed by atoms with E-state index in [2.05, 4.69) is 39.6 Å². The molecule has 0 bridgehead atoms. The van der Waals surface area contributed by atoms with Crippen LogP contribution in [0.15, 0.2) is 24.8 Å². The summed E-state index contributed by atoms with van der Waals surface area (Å²) in [5.41, 5.74) is 3.81. The molecule has 1 aromatic rings. The van der Waals surface area contributed by atoms with Crippen LogP contribution in [0.3, 0.4) is 0 Å². The zero-order chi connectivity index (χ0) is 15.9. The molecule has 0 amide bonds. The Morgan fingerprint density at radius 1 is 1.18 bits per heavy atom. The lowest BCUT2D eigenvalue weighted by Crippen LogP contribution is -3.27. The number of piperazine rings is 1.